The third kappa shape index (κ3) is 3.92. The van der Waals surface area contributed by atoms with Crippen LogP contribution >= 0.6 is 0 Å². The van der Waals surface area contributed by atoms with Crippen LogP contribution in [0.2, 0.25) is 0 Å². The fraction of sp³-hybridized carbons (Fsp3) is 1.00. The quantitative estimate of drug-likeness (QED) is 0.725. The molecule has 2 rings (SSSR count). The molecule has 118 valence electrons. The lowest BCUT2D eigenvalue weighted by Gasteiger charge is -2.33. The van der Waals surface area contributed by atoms with Crippen molar-refractivity contribution in [3.63, 3.8) is 0 Å². The van der Waals surface area contributed by atoms with Gasteiger partial charge in [0.1, 0.15) is 0 Å². The number of aliphatic hydroxyl groups is 1. The molecule has 0 amide bonds. The van der Waals surface area contributed by atoms with Crippen molar-refractivity contribution < 1.29 is 13.5 Å². The Bertz CT molecular complexity index is 402. The Morgan fingerprint density at radius 1 is 1.25 bits per heavy atom. The van der Waals surface area contributed by atoms with Crippen molar-refractivity contribution in [1.29, 1.82) is 0 Å². The van der Waals surface area contributed by atoms with Gasteiger partial charge in [-0.05, 0) is 38.3 Å². The monoisotopic (exact) mass is 305 g/mol. The Morgan fingerprint density at radius 2 is 2.05 bits per heavy atom. The molecule has 0 aromatic carbocycles. The standard InChI is InChI=1S/C13H27N3O3S/c1-2-15-8-6-12(10-15)9-14-20(18,19)16-7-4-3-5-13(16)11-17/h12-14,17H,2-11H2,1H3. The number of rotatable bonds is 6. The minimum absolute atomic E-state index is 0.0893. The van der Waals surface area contributed by atoms with E-state index in [2.05, 4.69) is 16.5 Å². The fourth-order valence-electron chi connectivity index (χ4n) is 3.15. The van der Waals surface area contributed by atoms with E-state index in [4.69, 9.17) is 0 Å². The molecule has 2 atom stereocenters. The molecule has 2 heterocycles. The van der Waals surface area contributed by atoms with Crippen molar-refractivity contribution in [2.45, 2.75) is 38.6 Å². The van der Waals surface area contributed by atoms with Gasteiger partial charge in [0, 0.05) is 25.7 Å². The van der Waals surface area contributed by atoms with Crippen molar-refractivity contribution in [3.8, 4) is 0 Å². The van der Waals surface area contributed by atoms with Crippen molar-refractivity contribution in [3.05, 3.63) is 0 Å². The Balaban J connectivity index is 1.87. The van der Waals surface area contributed by atoms with E-state index >= 15 is 0 Å². The van der Waals surface area contributed by atoms with Crippen LogP contribution in [0.5, 0.6) is 0 Å². The maximum atomic E-state index is 12.4. The van der Waals surface area contributed by atoms with Gasteiger partial charge in [0.25, 0.3) is 10.2 Å². The Labute approximate surface area is 122 Å². The van der Waals surface area contributed by atoms with Gasteiger partial charge in [-0.15, -0.1) is 0 Å². The van der Waals surface area contributed by atoms with Gasteiger partial charge in [0.15, 0.2) is 0 Å². The molecule has 2 saturated heterocycles. The molecule has 0 aromatic rings. The maximum Gasteiger partial charge on any atom is 0.279 e. The Hall–Kier alpha value is -0.210. The summed E-state index contributed by atoms with van der Waals surface area (Å²) < 4.78 is 28.9. The molecule has 2 aliphatic heterocycles. The third-order valence-electron chi connectivity index (χ3n) is 4.46. The zero-order valence-electron chi connectivity index (χ0n) is 12.3. The number of aliphatic hydroxyl groups excluding tert-OH is 1. The molecule has 20 heavy (non-hydrogen) atoms. The first kappa shape index (κ1) is 16.2. The highest BCUT2D eigenvalue weighted by molar-refractivity contribution is 7.87. The first-order chi connectivity index (χ1) is 9.56. The minimum atomic E-state index is -3.45. The summed E-state index contributed by atoms with van der Waals surface area (Å²) in [4.78, 5) is 2.34. The maximum absolute atomic E-state index is 12.4. The van der Waals surface area contributed by atoms with Crippen LogP contribution in [0, 0.1) is 5.92 Å². The van der Waals surface area contributed by atoms with E-state index in [1.165, 1.54) is 4.31 Å². The van der Waals surface area contributed by atoms with E-state index in [9.17, 15) is 13.5 Å². The van der Waals surface area contributed by atoms with Crippen molar-refractivity contribution in [2.75, 3.05) is 39.3 Å². The largest absolute Gasteiger partial charge is 0.395 e. The minimum Gasteiger partial charge on any atom is -0.395 e. The summed E-state index contributed by atoms with van der Waals surface area (Å²) in [6, 6.07) is -0.253. The van der Waals surface area contributed by atoms with Crippen LogP contribution in [0.15, 0.2) is 0 Å². The summed E-state index contributed by atoms with van der Waals surface area (Å²) in [6.07, 6.45) is 3.68. The lowest BCUT2D eigenvalue weighted by atomic mass is 10.1. The molecule has 0 radical (unpaired) electrons. The second-order valence-electron chi connectivity index (χ2n) is 5.84. The summed E-state index contributed by atoms with van der Waals surface area (Å²) in [6.45, 7) is 6.14. The van der Waals surface area contributed by atoms with E-state index in [0.29, 0.717) is 19.0 Å². The van der Waals surface area contributed by atoms with Crippen LogP contribution in [0.3, 0.4) is 0 Å². The third-order valence-corrected chi connectivity index (χ3v) is 6.09. The van der Waals surface area contributed by atoms with Crippen LogP contribution in [0.4, 0.5) is 0 Å². The number of likely N-dealkylation sites (tertiary alicyclic amines) is 1. The summed E-state index contributed by atoms with van der Waals surface area (Å²) in [5.74, 6) is 0.405. The summed E-state index contributed by atoms with van der Waals surface area (Å²) >= 11 is 0. The number of nitrogens with one attached hydrogen (secondary N) is 1. The van der Waals surface area contributed by atoms with E-state index < -0.39 is 10.2 Å². The van der Waals surface area contributed by atoms with Crippen molar-refractivity contribution in [2.24, 2.45) is 5.92 Å². The number of nitrogens with zero attached hydrogens (tertiary/aromatic N) is 2. The molecule has 0 saturated carbocycles. The highest BCUT2D eigenvalue weighted by atomic mass is 32.2. The topological polar surface area (TPSA) is 72.9 Å². The lowest BCUT2D eigenvalue weighted by Crippen LogP contribution is -2.51. The highest BCUT2D eigenvalue weighted by Crippen LogP contribution is 2.20. The molecule has 2 unspecified atom stereocenters. The molecule has 0 spiro atoms. The second-order valence-corrected chi connectivity index (χ2v) is 7.55. The van der Waals surface area contributed by atoms with Gasteiger partial charge in [0.05, 0.1) is 6.61 Å². The molecule has 2 fully saturated rings. The van der Waals surface area contributed by atoms with E-state index in [1.54, 1.807) is 0 Å². The fourth-order valence-corrected chi connectivity index (χ4v) is 4.69. The molecule has 0 bridgehead atoms. The van der Waals surface area contributed by atoms with Gasteiger partial charge in [-0.3, -0.25) is 0 Å². The van der Waals surface area contributed by atoms with Crippen LogP contribution in [-0.2, 0) is 10.2 Å². The van der Waals surface area contributed by atoms with E-state index in [0.717, 1.165) is 45.3 Å². The molecular weight excluding hydrogens is 278 g/mol. The predicted octanol–water partition coefficient (Wildman–Crippen LogP) is 0.00940. The van der Waals surface area contributed by atoms with Crippen LogP contribution in [0.1, 0.15) is 32.6 Å². The lowest BCUT2D eigenvalue weighted by molar-refractivity contribution is 0.153. The first-order valence-electron chi connectivity index (χ1n) is 7.66. The molecule has 0 aromatic heterocycles. The van der Waals surface area contributed by atoms with Crippen molar-refractivity contribution in [1.82, 2.24) is 13.9 Å². The molecule has 0 aliphatic carbocycles. The molecule has 2 N–H and O–H groups in total. The Kier molecular flexibility index (Phi) is 5.80. The average Bonchev–Trinajstić information content (AvgIpc) is 2.93. The molecule has 2 aliphatic rings. The number of piperidine rings is 1. The predicted molar refractivity (Wildman–Crippen MR) is 78.6 cm³/mol. The average molecular weight is 305 g/mol. The number of hydrogen-bond donors (Lipinski definition) is 2. The zero-order valence-corrected chi connectivity index (χ0v) is 13.1. The normalized spacial score (nSPS) is 29.9. The zero-order chi connectivity index (χ0) is 14.6. The second kappa shape index (κ2) is 7.17. The van der Waals surface area contributed by atoms with Gasteiger partial charge in [-0.2, -0.15) is 12.7 Å². The first-order valence-corrected chi connectivity index (χ1v) is 9.10. The summed E-state index contributed by atoms with van der Waals surface area (Å²) in [5.41, 5.74) is 0. The van der Waals surface area contributed by atoms with Gasteiger partial charge >= 0.3 is 0 Å². The SMILES string of the molecule is CCN1CCC(CNS(=O)(=O)N2CCCCC2CO)C1. The summed E-state index contributed by atoms with van der Waals surface area (Å²) in [5, 5.41) is 9.33. The van der Waals surface area contributed by atoms with Crippen LogP contribution < -0.4 is 4.72 Å². The van der Waals surface area contributed by atoms with E-state index in [-0.39, 0.29) is 12.6 Å². The van der Waals surface area contributed by atoms with Gasteiger partial charge in [0.2, 0.25) is 0 Å². The smallest absolute Gasteiger partial charge is 0.279 e. The van der Waals surface area contributed by atoms with Gasteiger partial charge in [-0.25, -0.2) is 4.72 Å². The summed E-state index contributed by atoms with van der Waals surface area (Å²) in [7, 11) is -3.45. The van der Waals surface area contributed by atoms with Gasteiger partial charge in [-0.1, -0.05) is 13.3 Å². The number of hydrogen-bond acceptors (Lipinski definition) is 4. The van der Waals surface area contributed by atoms with E-state index in [1.807, 2.05) is 0 Å². The van der Waals surface area contributed by atoms with Crippen LogP contribution in [-0.4, -0.2) is 68.1 Å². The van der Waals surface area contributed by atoms with Crippen LogP contribution in [0.25, 0.3) is 0 Å². The molecule has 6 nitrogen and oxygen atoms in total. The molecule has 7 heteroatoms. The Morgan fingerprint density at radius 3 is 2.70 bits per heavy atom. The van der Waals surface area contributed by atoms with Gasteiger partial charge < -0.3 is 10.0 Å². The van der Waals surface area contributed by atoms with Crippen molar-refractivity contribution >= 4 is 10.2 Å². The highest BCUT2D eigenvalue weighted by Gasteiger charge is 2.32. The molecular formula is C13H27N3O3S.